The molecule has 0 aliphatic carbocycles. The second-order valence-electron chi connectivity index (χ2n) is 3.43. The van der Waals surface area contributed by atoms with Crippen LogP contribution in [-0.2, 0) is 4.79 Å². The molecule has 0 unspecified atom stereocenters. The summed E-state index contributed by atoms with van der Waals surface area (Å²) in [6.45, 7) is 3.37. The molecule has 1 aromatic heterocycles. The summed E-state index contributed by atoms with van der Waals surface area (Å²) in [5.74, 6) is 1.09. The van der Waals surface area contributed by atoms with Crippen LogP contribution < -0.4 is 5.32 Å². The van der Waals surface area contributed by atoms with Gasteiger partial charge >= 0.3 is 0 Å². The Morgan fingerprint density at radius 3 is 2.88 bits per heavy atom. The van der Waals surface area contributed by atoms with Crippen molar-refractivity contribution < 1.29 is 4.79 Å². The van der Waals surface area contributed by atoms with Crippen LogP contribution in [0.4, 0.5) is 5.82 Å². The number of amides is 1. The van der Waals surface area contributed by atoms with Crippen LogP contribution in [0.3, 0.4) is 0 Å². The van der Waals surface area contributed by atoms with Gasteiger partial charge in [-0.25, -0.2) is 4.98 Å². The first-order valence-corrected chi connectivity index (χ1v) is 5.64. The fraction of sp³-hybridized carbons (Fsp3) is 0.333. The Morgan fingerprint density at radius 2 is 2.31 bits per heavy atom. The monoisotopic (exact) mass is 238 g/mol. The van der Waals surface area contributed by atoms with E-state index in [1.165, 1.54) is 6.92 Å². The normalized spacial score (nSPS) is 10.7. The third kappa shape index (κ3) is 4.03. The van der Waals surface area contributed by atoms with E-state index < -0.39 is 0 Å². The first-order chi connectivity index (χ1) is 7.63. The van der Waals surface area contributed by atoms with Gasteiger partial charge in [0.15, 0.2) is 0 Å². The summed E-state index contributed by atoms with van der Waals surface area (Å²) in [4.78, 5) is 15.1. The maximum atomic E-state index is 10.8. The zero-order valence-electron chi connectivity index (χ0n) is 9.46. The number of aromatic nitrogens is 1. The number of carbonyl (C=O) groups is 1. The molecule has 1 amide bonds. The maximum absolute atomic E-state index is 10.8. The van der Waals surface area contributed by atoms with Crippen LogP contribution >= 0.6 is 11.6 Å². The van der Waals surface area contributed by atoms with Crippen molar-refractivity contribution in [2.45, 2.75) is 20.3 Å². The SMILES string of the molecule is CC(=O)Nc1ccc(C=CCCCl)c(C)n1. The molecule has 0 aromatic carbocycles. The molecule has 1 N–H and O–H groups in total. The number of allylic oxidation sites excluding steroid dienone is 1. The lowest BCUT2D eigenvalue weighted by Crippen LogP contribution is -2.08. The van der Waals surface area contributed by atoms with Crippen molar-refractivity contribution in [2.24, 2.45) is 0 Å². The Bertz CT molecular complexity index is 402. The highest BCUT2D eigenvalue weighted by Gasteiger charge is 2.00. The predicted octanol–water partition coefficient (Wildman–Crippen LogP) is 2.99. The minimum atomic E-state index is -0.114. The summed E-state index contributed by atoms with van der Waals surface area (Å²) < 4.78 is 0. The largest absolute Gasteiger partial charge is 0.311 e. The molecule has 0 fully saturated rings. The Balaban J connectivity index is 2.79. The molecule has 0 atom stereocenters. The fourth-order valence-electron chi connectivity index (χ4n) is 1.27. The van der Waals surface area contributed by atoms with Crippen LogP contribution in [0, 0.1) is 6.92 Å². The lowest BCUT2D eigenvalue weighted by atomic mass is 10.2. The van der Waals surface area contributed by atoms with Gasteiger partial charge < -0.3 is 5.32 Å². The lowest BCUT2D eigenvalue weighted by molar-refractivity contribution is -0.114. The summed E-state index contributed by atoms with van der Waals surface area (Å²) in [5, 5.41) is 2.64. The fourth-order valence-corrected chi connectivity index (χ4v) is 1.40. The van der Waals surface area contributed by atoms with Gasteiger partial charge in [-0.05, 0) is 31.0 Å². The molecular weight excluding hydrogens is 224 g/mol. The number of pyridine rings is 1. The van der Waals surface area contributed by atoms with E-state index in [0.29, 0.717) is 11.7 Å². The minimum absolute atomic E-state index is 0.114. The Labute approximate surface area is 101 Å². The van der Waals surface area contributed by atoms with Crippen LogP contribution in [0.5, 0.6) is 0 Å². The van der Waals surface area contributed by atoms with Crippen molar-refractivity contribution in [1.29, 1.82) is 0 Å². The number of carbonyl (C=O) groups excluding carboxylic acids is 1. The van der Waals surface area contributed by atoms with Gasteiger partial charge in [0.25, 0.3) is 0 Å². The Morgan fingerprint density at radius 1 is 1.56 bits per heavy atom. The molecule has 0 radical (unpaired) electrons. The Kier molecular flexibility index (Phi) is 4.99. The molecule has 1 aromatic rings. The molecule has 0 saturated carbocycles. The third-order valence-electron chi connectivity index (χ3n) is 2.00. The zero-order valence-corrected chi connectivity index (χ0v) is 10.2. The van der Waals surface area contributed by atoms with Gasteiger partial charge in [-0.15, -0.1) is 11.6 Å². The van der Waals surface area contributed by atoms with Crippen molar-refractivity contribution in [2.75, 3.05) is 11.2 Å². The van der Waals surface area contributed by atoms with Crippen molar-refractivity contribution in [3.05, 3.63) is 29.5 Å². The lowest BCUT2D eigenvalue weighted by Gasteiger charge is -2.04. The average molecular weight is 239 g/mol. The number of alkyl halides is 1. The summed E-state index contributed by atoms with van der Waals surface area (Å²) in [5.41, 5.74) is 1.93. The first-order valence-electron chi connectivity index (χ1n) is 5.11. The first kappa shape index (κ1) is 12.7. The molecule has 0 saturated heterocycles. The average Bonchev–Trinajstić information content (AvgIpc) is 2.20. The van der Waals surface area contributed by atoms with E-state index in [4.69, 9.17) is 11.6 Å². The smallest absolute Gasteiger partial charge is 0.222 e. The molecule has 86 valence electrons. The number of nitrogens with zero attached hydrogens (tertiary/aromatic N) is 1. The van der Waals surface area contributed by atoms with E-state index in [1.54, 1.807) is 6.07 Å². The number of anilines is 1. The van der Waals surface area contributed by atoms with E-state index in [9.17, 15) is 4.79 Å². The van der Waals surface area contributed by atoms with Crippen LogP contribution in [0.1, 0.15) is 24.6 Å². The number of hydrogen-bond donors (Lipinski definition) is 1. The molecule has 1 rings (SSSR count). The molecule has 0 spiro atoms. The highest BCUT2D eigenvalue weighted by Crippen LogP contribution is 2.12. The van der Waals surface area contributed by atoms with Crippen LogP contribution in [0.2, 0.25) is 0 Å². The van der Waals surface area contributed by atoms with Gasteiger partial charge in [0, 0.05) is 18.5 Å². The third-order valence-corrected chi connectivity index (χ3v) is 2.22. The minimum Gasteiger partial charge on any atom is -0.311 e. The van der Waals surface area contributed by atoms with Crippen molar-refractivity contribution in [3.8, 4) is 0 Å². The molecule has 0 bridgehead atoms. The van der Waals surface area contributed by atoms with E-state index in [1.807, 2.05) is 25.1 Å². The predicted molar refractivity (Wildman–Crippen MR) is 67.6 cm³/mol. The number of nitrogens with one attached hydrogen (secondary N) is 1. The quantitative estimate of drug-likeness (QED) is 0.820. The molecule has 0 aliphatic heterocycles. The highest BCUT2D eigenvalue weighted by atomic mass is 35.5. The van der Waals surface area contributed by atoms with Gasteiger partial charge in [0.2, 0.25) is 5.91 Å². The number of halogens is 1. The van der Waals surface area contributed by atoms with Gasteiger partial charge in [0.1, 0.15) is 5.82 Å². The Hall–Kier alpha value is -1.35. The topological polar surface area (TPSA) is 42.0 Å². The molecule has 1 heterocycles. The molecule has 3 nitrogen and oxygen atoms in total. The second kappa shape index (κ2) is 6.28. The number of hydrogen-bond acceptors (Lipinski definition) is 2. The van der Waals surface area contributed by atoms with E-state index in [2.05, 4.69) is 10.3 Å². The van der Waals surface area contributed by atoms with Gasteiger partial charge in [-0.3, -0.25) is 4.79 Å². The summed E-state index contributed by atoms with van der Waals surface area (Å²) >= 11 is 5.58. The summed E-state index contributed by atoms with van der Waals surface area (Å²) in [6, 6.07) is 3.72. The van der Waals surface area contributed by atoms with Crippen molar-refractivity contribution in [3.63, 3.8) is 0 Å². The molecule has 4 heteroatoms. The van der Waals surface area contributed by atoms with Crippen molar-refractivity contribution in [1.82, 2.24) is 4.98 Å². The van der Waals surface area contributed by atoms with Gasteiger partial charge in [0.05, 0.1) is 0 Å². The van der Waals surface area contributed by atoms with Gasteiger partial charge in [-0.2, -0.15) is 0 Å². The van der Waals surface area contributed by atoms with E-state index in [-0.39, 0.29) is 5.91 Å². The second-order valence-corrected chi connectivity index (χ2v) is 3.81. The molecular formula is C12H15ClN2O. The van der Waals surface area contributed by atoms with Gasteiger partial charge in [-0.1, -0.05) is 12.2 Å². The van der Waals surface area contributed by atoms with Crippen molar-refractivity contribution >= 4 is 29.4 Å². The van der Waals surface area contributed by atoms with Crippen LogP contribution in [-0.4, -0.2) is 16.8 Å². The van der Waals surface area contributed by atoms with Crippen LogP contribution in [0.15, 0.2) is 18.2 Å². The molecule has 0 aliphatic rings. The van der Waals surface area contributed by atoms with E-state index in [0.717, 1.165) is 17.7 Å². The standard InChI is InChI=1S/C12H15ClN2O/c1-9-11(5-3-4-8-13)6-7-12(14-9)15-10(2)16/h3,5-7H,4,8H2,1-2H3,(H,14,15,16). The van der Waals surface area contributed by atoms with Crippen LogP contribution in [0.25, 0.3) is 6.08 Å². The highest BCUT2D eigenvalue weighted by molar-refractivity contribution is 6.17. The summed E-state index contributed by atoms with van der Waals surface area (Å²) in [7, 11) is 0. The van der Waals surface area contributed by atoms with E-state index >= 15 is 0 Å². The zero-order chi connectivity index (χ0) is 12.0. The number of aryl methyl sites for hydroxylation is 1. The molecule has 16 heavy (non-hydrogen) atoms. The summed E-state index contributed by atoms with van der Waals surface area (Å²) in [6.07, 6.45) is 4.84. The maximum Gasteiger partial charge on any atom is 0.222 e. The number of rotatable bonds is 4.